The zero-order valence-electron chi connectivity index (χ0n) is 10.2. The maximum Gasteiger partial charge on any atom is 0.279 e. The monoisotopic (exact) mass is 258 g/mol. The third-order valence-corrected chi connectivity index (χ3v) is 3.86. The molecule has 0 saturated heterocycles. The van der Waals surface area contributed by atoms with Crippen LogP contribution in [0, 0.1) is 0 Å². The summed E-state index contributed by atoms with van der Waals surface area (Å²) < 4.78 is 27.3. The van der Waals surface area contributed by atoms with Crippen molar-refractivity contribution in [1.82, 2.24) is 9.03 Å². The normalized spacial score (nSPS) is 12.3. The molecule has 0 unspecified atom stereocenters. The molecule has 1 aromatic carbocycles. The molecule has 0 aliphatic carbocycles. The molecule has 0 aliphatic heterocycles. The minimum Gasteiger partial charge on any atom is -0.508 e. The summed E-state index contributed by atoms with van der Waals surface area (Å²) in [6, 6.07) is 6.31. The van der Waals surface area contributed by atoms with Gasteiger partial charge in [-0.3, -0.25) is 0 Å². The summed E-state index contributed by atoms with van der Waals surface area (Å²) in [5, 5.41) is 9.13. The minimum atomic E-state index is -3.45. The molecule has 2 N–H and O–H groups in total. The number of phenols is 1. The first kappa shape index (κ1) is 14.0. The molecule has 0 bridgehead atoms. The first-order chi connectivity index (χ1) is 7.81. The highest BCUT2D eigenvalue weighted by molar-refractivity contribution is 7.87. The lowest BCUT2D eigenvalue weighted by molar-refractivity contribution is 0.448. The summed E-state index contributed by atoms with van der Waals surface area (Å²) in [4.78, 5) is 0. The van der Waals surface area contributed by atoms with E-state index in [4.69, 9.17) is 5.11 Å². The second kappa shape index (κ2) is 5.48. The zero-order valence-corrected chi connectivity index (χ0v) is 11.0. The molecular weight excluding hydrogens is 240 g/mol. The molecule has 17 heavy (non-hydrogen) atoms. The minimum absolute atomic E-state index is 0.137. The van der Waals surface area contributed by atoms with Crippen molar-refractivity contribution in [2.75, 3.05) is 7.05 Å². The molecule has 0 saturated carbocycles. The van der Waals surface area contributed by atoms with E-state index in [-0.39, 0.29) is 18.3 Å². The summed E-state index contributed by atoms with van der Waals surface area (Å²) in [6.07, 6.45) is 0. The first-order valence-electron chi connectivity index (χ1n) is 5.33. The smallest absolute Gasteiger partial charge is 0.279 e. The topological polar surface area (TPSA) is 69.6 Å². The Labute approximate surface area is 102 Å². The Kier molecular flexibility index (Phi) is 4.50. The average molecular weight is 258 g/mol. The van der Waals surface area contributed by atoms with Crippen LogP contribution in [-0.2, 0) is 16.8 Å². The highest BCUT2D eigenvalue weighted by Crippen LogP contribution is 2.12. The van der Waals surface area contributed by atoms with E-state index in [0.29, 0.717) is 0 Å². The molecule has 6 heteroatoms. The number of hydrogen-bond donors (Lipinski definition) is 2. The Hall–Kier alpha value is -1.11. The lowest BCUT2D eigenvalue weighted by Gasteiger charge is -2.19. The van der Waals surface area contributed by atoms with Crippen LogP contribution >= 0.6 is 0 Å². The number of nitrogens with zero attached hydrogens (tertiary/aromatic N) is 1. The summed E-state index contributed by atoms with van der Waals surface area (Å²) in [7, 11) is -1.94. The van der Waals surface area contributed by atoms with Crippen LogP contribution in [0.25, 0.3) is 0 Å². The van der Waals surface area contributed by atoms with Gasteiger partial charge in [0.25, 0.3) is 10.2 Å². The number of nitrogens with one attached hydrogen (secondary N) is 1. The lowest BCUT2D eigenvalue weighted by Crippen LogP contribution is -2.41. The average Bonchev–Trinajstić information content (AvgIpc) is 2.19. The van der Waals surface area contributed by atoms with Gasteiger partial charge in [0.1, 0.15) is 5.75 Å². The molecule has 0 aromatic heterocycles. The zero-order chi connectivity index (χ0) is 13.1. The van der Waals surface area contributed by atoms with Crippen molar-refractivity contribution in [3.8, 4) is 5.75 Å². The van der Waals surface area contributed by atoms with Gasteiger partial charge in [-0.15, -0.1) is 0 Å². The van der Waals surface area contributed by atoms with Gasteiger partial charge in [0.2, 0.25) is 0 Å². The van der Waals surface area contributed by atoms with Gasteiger partial charge in [-0.2, -0.15) is 17.4 Å². The Morgan fingerprint density at radius 1 is 1.29 bits per heavy atom. The highest BCUT2D eigenvalue weighted by Gasteiger charge is 2.18. The van der Waals surface area contributed by atoms with E-state index in [2.05, 4.69) is 4.72 Å². The summed E-state index contributed by atoms with van der Waals surface area (Å²) in [5.41, 5.74) is 0.819. The Morgan fingerprint density at radius 3 is 2.29 bits per heavy atom. The van der Waals surface area contributed by atoms with Crippen LogP contribution in [0.2, 0.25) is 0 Å². The molecule has 0 aliphatic rings. The number of benzene rings is 1. The van der Waals surface area contributed by atoms with Crippen LogP contribution in [0.4, 0.5) is 0 Å². The van der Waals surface area contributed by atoms with E-state index in [9.17, 15) is 8.42 Å². The van der Waals surface area contributed by atoms with E-state index in [1.54, 1.807) is 26.0 Å². The molecule has 0 fully saturated rings. The van der Waals surface area contributed by atoms with Crippen LogP contribution < -0.4 is 4.72 Å². The predicted octanol–water partition coefficient (Wildman–Crippen LogP) is 1.07. The van der Waals surface area contributed by atoms with Gasteiger partial charge >= 0.3 is 0 Å². The number of phenolic OH excluding ortho intramolecular Hbond substituents is 1. The molecule has 0 amide bonds. The highest BCUT2D eigenvalue weighted by atomic mass is 32.2. The summed E-state index contributed by atoms with van der Waals surface area (Å²) in [6.45, 7) is 3.81. The molecule has 0 heterocycles. The summed E-state index contributed by atoms with van der Waals surface area (Å²) >= 11 is 0. The number of rotatable bonds is 5. The molecule has 0 spiro atoms. The fourth-order valence-corrected chi connectivity index (χ4v) is 2.43. The molecular formula is C11H18N2O3S. The fraction of sp³-hybridized carbons (Fsp3) is 0.455. The first-order valence-corrected chi connectivity index (χ1v) is 6.77. The molecule has 0 radical (unpaired) electrons. The van der Waals surface area contributed by atoms with Gasteiger partial charge < -0.3 is 5.11 Å². The molecule has 96 valence electrons. The van der Waals surface area contributed by atoms with Crippen molar-refractivity contribution in [2.45, 2.75) is 26.4 Å². The van der Waals surface area contributed by atoms with E-state index >= 15 is 0 Å². The van der Waals surface area contributed by atoms with Crippen molar-refractivity contribution in [3.63, 3.8) is 0 Å². The SMILES string of the molecule is CC(C)NS(=O)(=O)N(C)Cc1ccc(O)cc1. The molecule has 1 rings (SSSR count). The quantitative estimate of drug-likeness (QED) is 0.830. The largest absolute Gasteiger partial charge is 0.508 e. The van der Waals surface area contributed by atoms with Crippen LogP contribution in [0.3, 0.4) is 0 Å². The molecule has 1 aromatic rings. The van der Waals surface area contributed by atoms with Crippen molar-refractivity contribution >= 4 is 10.2 Å². The van der Waals surface area contributed by atoms with E-state index < -0.39 is 10.2 Å². The van der Waals surface area contributed by atoms with Gasteiger partial charge in [-0.25, -0.2) is 0 Å². The van der Waals surface area contributed by atoms with Crippen LogP contribution in [0.1, 0.15) is 19.4 Å². The molecule has 5 nitrogen and oxygen atoms in total. The Morgan fingerprint density at radius 2 is 1.82 bits per heavy atom. The number of aromatic hydroxyl groups is 1. The second-order valence-corrected chi connectivity index (χ2v) is 6.01. The molecule has 0 atom stereocenters. The Bertz CT molecular complexity index is 454. The number of hydrogen-bond acceptors (Lipinski definition) is 3. The second-order valence-electron chi connectivity index (χ2n) is 4.20. The van der Waals surface area contributed by atoms with Gasteiger partial charge in [0, 0.05) is 19.6 Å². The van der Waals surface area contributed by atoms with E-state index in [1.165, 1.54) is 23.5 Å². The standard InChI is InChI=1S/C11H18N2O3S/c1-9(2)12-17(15,16)13(3)8-10-4-6-11(14)7-5-10/h4-7,9,12,14H,8H2,1-3H3. The van der Waals surface area contributed by atoms with Crippen LogP contribution in [0.15, 0.2) is 24.3 Å². The maximum atomic E-state index is 11.8. The third kappa shape index (κ3) is 4.33. The van der Waals surface area contributed by atoms with Crippen molar-refractivity contribution in [3.05, 3.63) is 29.8 Å². The van der Waals surface area contributed by atoms with Crippen molar-refractivity contribution in [1.29, 1.82) is 0 Å². The maximum absolute atomic E-state index is 11.8. The fourth-order valence-electron chi connectivity index (χ4n) is 1.33. The van der Waals surface area contributed by atoms with Crippen molar-refractivity contribution in [2.24, 2.45) is 0 Å². The lowest BCUT2D eigenvalue weighted by atomic mass is 10.2. The van der Waals surface area contributed by atoms with Gasteiger partial charge in [0.15, 0.2) is 0 Å². The van der Waals surface area contributed by atoms with E-state index in [1.807, 2.05) is 0 Å². The third-order valence-electron chi connectivity index (χ3n) is 2.14. The van der Waals surface area contributed by atoms with Crippen molar-refractivity contribution < 1.29 is 13.5 Å². The predicted molar refractivity (Wildman–Crippen MR) is 66.8 cm³/mol. The summed E-state index contributed by atoms with van der Waals surface area (Å²) in [5.74, 6) is 0.166. The van der Waals surface area contributed by atoms with Crippen LogP contribution in [-0.4, -0.2) is 30.9 Å². The van der Waals surface area contributed by atoms with Crippen LogP contribution in [0.5, 0.6) is 5.75 Å². The van der Waals surface area contributed by atoms with Gasteiger partial charge in [0.05, 0.1) is 0 Å². The van der Waals surface area contributed by atoms with Gasteiger partial charge in [-0.1, -0.05) is 12.1 Å². The van der Waals surface area contributed by atoms with E-state index in [0.717, 1.165) is 5.56 Å². The Balaban J connectivity index is 2.72. The van der Waals surface area contributed by atoms with Gasteiger partial charge in [-0.05, 0) is 31.5 Å².